The van der Waals surface area contributed by atoms with Crippen molar-refractivity contribution in [3.63, 3.8) is 0 Å². The Kier molecular flexibility index (Phi) is 3.25. The maximum Gasteiger partial charge on any atom is 0.0845 e. The van der Waals surface area contributed by atoms with Crippen LogP contribution in [0.5, 0.6) is 0 Å². The van der Waals surface area contributed by atoms with Gasteiger partial charge in [-0.3, -0.25) is 0 Å². The summed E-state index contributed by atoms with van der Waals surface area (Å²) in [5.41, 5.74) is 2.81. The van der Waals surface area contributed by atoms with E-state index >= 15 is 0 Å². The third-order valence-corrected chi connectivity index (χ3v) is 4.43. The molecule has 3 rings (SSSR count). The molecular weight excluding hydrogens is 278 g/mol. The Labute approximate surface area is 111 Å². The van der Waals surface area contributed by atoms with Gasteiger partial charge in [0.2, 0.25) is 0 Å². The van der Waals surface area contributed by atoms with E-state index < -0.39 is 0 Å². The normalized spacial score (nSPS) is 34.5. The van der Waals surface area contributed by atoms with Crippen molar-refractivity contribution in [2.24, 2.45) is 5.92 Å². The van der Waals surface area contributed by atoms with E-state index in [2.05, 4.69) is 50.2 Å². The van der Waals surface area contributed by atoms with Crippen LogP contribution in [0.3, 0.4) is 0 Å². The fourth-order valence-corrected chi connectivity index (χ4v) is 3.43. The van der Waals surface area contributed by atoms with E-state index in [1.54, 1.807) is 5.57 Å². The molecule has 0 aromatic heterocycles. The zero-order valence-electron chi connectivity index (χ0n) is 9.80. The number of piperidine rings is 1. The number of fused-ring (bicyclic) bond motifs is 1. The van der Waals surface area contributed by atoms with E-state index in [4.69, 9.17) is 0 Å². The summed E-state index contributed by atoms with van der Waals surface area (Å²) in [5.74, 6) is 0.659. The first-order valence-corrected chi connectivity index (χ1v) is 7.08. The predicted octanol–water partition coefficient (Wildman–Crippen LogP) is 1.96. The molecule has 3 aliphatic rings. The molecule has 0 radical (unpaired) electrons. The third-order valence-electron chi connectivity index (χ3n) is 3.78. The van der Waals surface area contributed by atoms with Crippen molar-refractivity contribution in [1.29, 1.82) is 0 Å². The van der Waals surface area contributed by atoms with Crippen LogP contribution in [0.1, 0.15) is 19.3 Å². The molecule has 1 saturated heterocycles. The largest absolute Gasteiger partial charge is 0.372 e. The minimum Gasteiger partial charge on any atom is -0.372 e. The Morgan fingerprint density at radius 2 is 2.35 bits per heavy atom. The monoisotopic (exact) mass is 295 g/mol. The van der Waals surface area contributed by atoms with Crippen molar-refractivity contribution >= 4 is 15.9 Å². The third kappa shape index (κ3) is 2.43. The summed E-state index contributed by atoms with van der Waals surface area (Å²) in [4.78, 5) is 0. The topological polar surface area (TPSA) is 36.1 Å². The van der Waals surface area contributed by atoms with Gasteiger partial charge in [0, 0.05) is 18.2 Å². The van der Waals surface area contributed by atoms with Gasteiger partial charge in [0.05, 0.1) is 12.4 Å². The van der Waals surface area contributed by atoms with Gasteiger partial charge in [0.25, 0.3) is 0 Å². The summed E-state index contributed by atoms with van der Waals surface area (Å²) in [7, 11) is 0. The zero-order chi connectivity index (χ0) is 11.7. The number of allylic oxidation sites excluding steroid dienone is 2. The summed E-state index contributed by atoms with van der Waals surface area (Å²) in [6.07, 6.45) is 10.2. The lowest BCUT2D eigenvalue weighted by Crippen LogP contribution is -2.43. The highest BCUT2D eigenvalue weighted by atomic mass is 79.9. The van der Waals surface area contributed by atoms with Gasteiger partial charge in [-0.05, 0) is 36.4 Å². The van der Waals surface area contributed by atoms with Crippen molar-refractivity contribution in [3.8, 4) is 0 Å². The van der Waals surface area contributed by atoms with Gasteiger partial charge in [0.1, 0.15) is 0 Å². The molecule has 4 heteroatoms. The molecule has 92 valence electrons. The molecule has 0 saturated carbocycles. The van der Waals surface area contributed by atoms with E-state index in [1.807, 2.05) is 0 Å². The van der Waals surface area contributed by atoms with Crippen LogP contribution >= 0.6 is 15.9 Å². The fourth-order valence-electron chi connectivity index (χ4n) is 2.89. The molecule has 1 unspecified atom stereocenters. The van der Waals surface area contributed by atoms with Crippen LogP contribution in [-0.2, 0) is 0 Å². The van der Waals surface area contributed by atoms with Crippen molar-refractivity contribution in [2.75, 3.05) is 13.2 Å². The van der Waals surface area contributed by atoms with Crippen LogP contribution in [0.15, 0.2) is 34.1 Å². The maximum atomic E-state index is 3.65. The van der Waals surface area contributed by atoms with Crippen LogP contribution in [0, 0.1) is 5.92 Å². The zero-order valence-corrected chi connectivity index (χ0v) is 11.4. The predicted molar refractivity (Wildman–Crippen MR) is 73.4 cm³/mol. The first-order chi connectivity index (χ1) is 8.33. The van der Waals surface area contributed by atoms with Gasteiger partial charge in [-0.1, -0.05) is 27.6 Å². The van der Waals surface area contributed by atoms with Gasteiger partial charge in [0.15, 0.2) is 0 Å². The van der Waals surface area contributed by atoms with E-state index in [0.717, 1.165) is 26.1 Å². The number of hydrogen-bond donors (Lipinski definition) is 3. The van der Waals surface area contributed by atoms with Gasteiger partial charge in [-0.15, -0.1) is 0 Å². The Bertz CT molecular complexity index is 397. The average molecular weight is 296 g/mol. The standard InChI is InChI=1S/C13H18BrN3/c14-10-1-2-13-12(6-10)9(3-4-16-13)5-11-7-15-8-17-11/h1,5,7,12-13,15-17H,2-4,6,8H2/b9-5+/t12?,13-/m0/s1. The lowest BCUT2D eigenvalue weighted by atomic mass is 9.79. The smallest absolute Gasteiger partial charge is 0.0845 e. The minimum atomic E-state index is 0.631. The number of halogens is 1. The van der Waals surface area contributed by atoms with Gasteiger partial charge in [-0.25, -0.2) is 0 Å². The van der Waals surface area contributed by atoms with Crippen LogP contribution in [-0.4, -0.2) is 19.3 Å². The molecule has 1 aliphatic carbocycles. The Morgan fingerprint density at radius 1 is 1.41 bits per heavy atom. The molecule has 3 nitrogen and oxygen atoms in total. The summed E-state index contributed by atoms with van der Waals surface area (Å²) in [6, 6.07) is 0.631. The second-order valence-electron chi connectivity index (χ2n) is 4.88. The summed E-state index contributed by atoms with van der Waals surface area (Å²) in [6.45, 7) is 1.97. The molecule has 0 spiro atoms. The first kappa shape index (κ1) is 11.4. The summed E-state index contributed by atoms with van der Waals surface area (Å²) in [5, 5.41) is 10.2. The van der Waals surface area contributed by atoms with Crippen LogP contribution in [0.4, 0.5) is 0 Å². The maximum absolute atomic E-state index is 3.65. The molecule has 0 amide bonds. The molecule has 3 N–H and O–H groups in total. The highest BCUT2D eigenvalue weighted by molar-refractivity contribution is 9.11. The molecular formula is C13H18BrN3. The first-order valence-electron chi connectivity index (χ1n) is 6.29. The lowest BCUT2D eigenvalue weighted by Gasteiger charge is -2.37. The quantitative estimate of drug-likeness (QED) is 0.692. The van der Waals surface area contributed by atoms with Crippen molar-refractivity contribution < 1.29 is 0 Å². The Hall–Kier alpha value is -0.740. The summed E-state index contributed by atoms with van der Waals surface area (Å²) < 4.78 is 1.36. The SMILES string of the molecule is BrC1=CC[C@@H]2NCC/C(=C\C3=CNCN3)C2C1. The molecule has 17 heavy (non-hydrogen) atoms. The molecule has 1 fully saturated rings. The number of nitrogens with one attached hydrogen (secondary N) is 3. The van der Waals surface area contributed by atoms with E-state index in [0.29, 0.717) is 12.0 Å². The molecule has 0 aromatic carbocycles. The second-order valence-corrected chi connectivity index (χ2v) is 5.90. The lowest BCUT2D eigenvalue weighted by molar-refractivity contribution is 0.340. The average Bonchev–Trinajstić information content (AvgIpc) is 2.83. The van der Waals surface area contributed by atoms with Gasteiger partial charge in [-0.2, -0.15) is 0 Å². The second kappa shape index (κ2) is 4.86. The molecule has 0 aromatic rings. The molecule has 2 heterocycles. The molecule has 2 atom stereocenters. The Morgan fingerprint density at radius 3 is 3.18 bits per heavy atom. The molecule has 2 aliphatic heterocycles. The van der Waals surface area contributed by atoms with Crippen LogP contribution in [0.2, 0.25) is 0 Å². The number of rotatable bonds is 1. The van der Waals surface area contributed by atoms with E-state index in [9.17, 15) is 0 Å². The summed E-state index contributed by atoms with van der Waals surface area (Å²) >= 11 is 3.65. The van der Waals surface area contributed by atoms with E-state index in [-0.39, 0.29) is 0 Å². The van der Waals surface area contributed by atoms with E-state index in [1.165, 1.54) is 16.6 Å². The van der Waals surface area contributed by atoms with Crippen molar-refractivity contribution in [2.45, 2.75) is 25.3 Å². The van der Waals surface area contributed by atoms with Crippen LogP contribution in [0.25, 0.3) is 0 Å². The minimum absolute atomic E-state index is 0.631. The fraction of sp³-hybridized carbons (Fsp3) is 0.538. The number of hydrogen-bond acceptors (Lipinski definition) is 3. The molecule has 0 bridgehead atoms. The highest BCUT2D eigenvalue weighted by Crippen LogP contribution is 2.36. The van der Waals surface area contributed by atoms with Crippen molar-refractivity contribution in [3.05, 3.63) is 34.1 Å². The Balaban J connectivity index is 1.81. The van der Waals surface area contributed by atoms with Gasteiger partial charge >= 0.3 is 0 Å². The van der Waals surface area contributed by atoms with Crippen molar-refractivity contribution in [1.82, 2.24) is 16.0 Å². The van der Waals surface area contributed by atoms with Crippen LogP contribution < -0.4 is 16.0 Å². The van der Waals surface area contributed by atoms with Gasteiger partial charge < -0.3 is 16.0 Å². The highest BCUT2D eigenvalue weighted by Gasteiger charge is 2.30.